The maximum atomic E-state index is 11.2. The molecule has 0 saturated carbocycles. The van der Waals surface area contributed by atoms with Crippen LogP contribution in [0.1, 0.15) is 15.9 Å². The van der Waals surface area contributed by atoms with Gasteiger partial charge in [-0.25, -0.2) is 9.78 Å². The SMILES string of the molecule is O=C(O)c1cccnc1NCc1cccc2cccnc12. The highest BCUT2D eigenvalue weighted by Gasteiger charge is 2.10. The van der Waals surface area contributed by atoms with E-state index in [1.54, 1.807) is 18.5 Å². The van der Waals surface area contributed by atoms with Crippen molar-refractivity contribution in [2.75, 3.05) is 5.32 Å². The number of para-hydroxylation sites is 1. The van der Waals surface area contributed by atoms with Gasteiger partial charge in [0.25, 0.3) is 0 Å². The number of hydrogen-bond donors (Lipinski definition) is 2. The molecule has 2 aromatic heterocycles. The van der Waals surface area contributed by atoms with Crippen LogP contribution < -0.4 is 5.32 Å². The molecule has 104 valence electrons. The van der Waals surface area contributed by atoms with Crippen molar-refractivity contribution in [2.24, 2.45) is 0 Å². The van der Waals surface area contributed by atoms with Crippen LogP contribution in [0.15, 0.2) is 54.9 Å². The third-order valence-corrected chi connectivity index (χ3v) is 3.20. The summed E-state index contributed by atoms with van der Waals surface area (Å²) in [5.41, 5.74) is 2.06. The first-order valence-electron chi connectivity index (χ1n) is 6.50. The lowest BCUT2D eigenvalue weighted by atomic mass is 10.1. The number of anilines is 1. The van der Waals surface area contributed by atoms with Crippen LogP contribution in [-0.2, 0) is 6.54 Å². The van der Waals surface area contributed by atoms with Crippen LogP contribution in [0.3, 0.4) is 0 Å². The van der Waals surface area contributed by atoms with Gasteiger partial charge < -0.3 is 10.4 Å². The Morgan fingerprint density at radius 2 is 1.81 bits per heavy atom. The summed E-state index contributed by atoms with van der Waals surface area (Å²) in [7, 11) is 0. The van der Waals surface area contributed by atoms with Crippen LogP contribution in [0.4, 0.5) is 5.82 Å². The minimum atomic E-state index is -0.998. The van der Waals surface area contributed by atoms with Gasteiger partial charge in [0.05, 0.1) is 5.52 Å². The van der Waals surface area contributed by atoms with Gasteiger partial charge in [-0.2, -0.15) is 0 Å². The second-order valence-corrected chi connectivity index (χ2v) is 4.55. The lowest BCUT2D eigenvalue weighted by molar-refractivity contribution is 0.0697. The van der Waals surface area contributed by atoms with Crippen molar-refractivity contribution in [3.63, 3.8) is 0 Å². The molecule has 2 heterocycles. The summed E-state index contributed by atoms with van der Waals surface area (Å²) in [6.45, 7) is 0.464. The van der Waals surface area contributed by atoms with Crippen LogP contribution in [0.2, 0.25) is 0 Å². The predicted octanol–water partition coefficient (Wildman–Crippen LogP) is 2.94. The Balaban J connectivity index is 1.89. The first-order valence-corrected chi connectivity index (χ1v) is 6.50. The van der Waals surface area contributed by atoms with E-state index >= 15 is 0 Å². The summed E-state index contributed by atoms with van der Waals surface area (Å²) >= 11 is 0. The van der Waals surface area contributed by atoms with Crippen LogP contribution in [0, 0.1) is 0 Å². The largest absolute Gasteiger partial charge is 0.478 e. The van der Waals surface area contributed by atoms with Gasteiger partial charge in [-0.3, -0.25) is 4.98 Å². The van der Waals surface area contributed by atoms with Crippen molar-refractivity contribution in [3.05, 3.63) is 66.0 Å². The zero-order chi connectivity index (χ0) is 14.7. The fraction of sp³-hybridized carbons (Fsp3) is 0.0625. The average Bonchev–Trinajstić information content (AvgIpc) is 2.53. The van der Waals surface area contributed by atoms with Crippen LogP contribution in [0.25, 0.3) is 10.9 Å². The third kappa shape index (κ3) is 2.67. The molecule has 0 unspecified atom stereocenters. The van der Waals surface area contributed by atoms with Crippen molar-refractivity contribution in [1.29, 1.82) is 0 Å². The van der Waals surface area contributed by atoms with Crippen LogP contribution in [0.5, 0.6) is 0 Å². The van der Waals surface area contributed by atoms with Gasteiger partial charge in [-0.15, -0.1) is 0 Å². The molecule has 3 aromatic rings. The number of carboxylic acids is 1. The summed E-state index contributed by atoms with van der Waals surface area (Å²) in [6, 6.07) is 12.9. The topological polar surface area (TPSA) is 75.1 Å². The predicted molar refractivity (Wildman–Crippen MR) is 80.3 cm³/mol. The highest BCUT2D eigenvalue weighted by atomic mass is 16.4. The first-order chi connectivity index (χ1) is 10.3. The average molecular weight is 279 g/mol. The second-order valence-electron chi connectivity index (χ2n) is 4.55. The second kappa shape index (κ2) is 5.58. The number of hydrogen-bond acceptors (Lipinski definition) is 4. The molecular weight excluding hydrogens is 266 g/mol. The summed E-state index contributed by atoms with van der Waals surface area (Å²) < 4.78 is 0. The van der Waals surface area contributed by atoms with E-state index in [0.29, 0.717) is 12.4 Å². The lowest BCUT2D eigenvalue weighted by Gasteiger charge is -2.09. The number of nitrogens with zero attached hydrogens (tertiary/aromatic N) is 2. The maximum Gasteiger partial charge on any atom is 0.339 e. The van der Waals surface area contributed by atoms with E-state index in [-0.39, 0.29) is 5.56 Å². The van der Waals surface area contributed by atoms with Crippen molar-refractivity contribution >= 4 is 22.7 Å². The summed E-state index contributed by atoms with van der Waals surface area (Å²) in [4.78, 5) is 19.6. The molecule has 0 spiro atoms. The van der Waals surface area contributed by atoms with E-state index < -0.39 is 5.97 Å². The van der Waals surface area contributed by atoms with Gasteiger partial charge in [0.15, 0.2) is 0 Å². The molecule has 0 fully saturated rings. The molecule has 5 nitrogen and oxygen atoms in total. The molecule has 0 radical (unpaired) electrons. The molecule has 0 saturated heterocycles. The molecule has 3 rings (SSSR count). The number of pyridine rings is 2. The van der Waals surface area contributed by atoms with Crippen molar-refractivity contribution < 1.29 is 9.90 Å². The Morgan fingerprint density at radius 1 is 1.05 bits per heavy atom. The Kier molecular flexibility index (Phi) is 3.47. The highest BCUT2D eigenvalue weighted by Crippen LogP contribution is 2.18. The summed E-state index contributed by atoms with van der Waals surface area (Å²) in [5.74, 6) is -0.639. The molecular formula is C16H13N3O2. The Hall–Kier alpha value is -2.95. The molecule has 1 aromatic carbocycles. The molecule has 0 bridgehead atoms. The number of carbonyl (C=O) groups is 1. The molecule has 21 heavy (non-hydrogen) atoms. The third-order valence-electron chi connectivity index (χ3n) is 3.20. The molecule has 0 atom stereocenters. The minimum Gasteiger partial charge on any atom is -0.478 e. The van der Waals surface area contributed by atoms with Gasteiger partial charge in [-0.05, 0) is 23.8 Å². The Bertz CT molecular complexity index is 797. The van der Waals surface area contributed by atoms with Gasteiger partial charge in [0.1, 0.15) is 11.4 Å². The number of benzene rings is 1. The highest BCUT2D eigenvalue weighted by molar-refractivity contribution is 5.93. The van der Waals surface area contributed by atoms with E-state index in [9.17, 15) is 4.79 Å². The minimum absolute atomic E-state index is 0.158. The monoisotopic (exact) mass is 279 g/mol. The number of carboxylic acid groups (broad SMARTS) is 1. The smallest absolute Gasteiger partial charge is 0.339 e. The molecule has 2 N–H and O–H groups in total. The molecule has 0 aliphatic heterocycles. The van der Waals surface area contributed by atoms with Gasteiger partial charge in [0, 0.05) is 24.3 Å². The fourth-order valence-corrected chi connectivity index (χ4v) is 2.21. The van der Waals surface area contributed by atoms with E-state index in [2.05, 4.69) is 15.3 Å². The molecule has 0 amide bonds. The van der Waals surface area contributed by atoms with E-state index in [0.717, 1.165) is 16.5 Å². The van der Waals surface area contributed by atoms with E-state index in [1.165, 1.54) is 6.07 Å². The van der Waals surface area contributed by atoms with E-state index in [4.69, 9.17) is 5.11 Å². The quantitative estimate of drug-likeness (QED) is 0.768. The van der Waals surface area contributed by atoms with Crippen molar-refractivity contribution in [2.45, 2.75) is 6.54 Å². The normalized spacial score (nSPS) is 10.5. The zero-order valence-electron chi connectivity index (χ0n) is 11.2. The lowest BCUT2D eigenvalue weighted by Crippen LogP contribution is -2.08. The van der Waals surface area contributed by atoms with Gasteiger partial charge in [0.2, 0.25) is 0 Å². The Labute approximate surface area is 121 Å². The van der Waals surface area contributed by atoms with E-state index in [1.807, 2.05) is 30.3 Å². The molecule has 0 aliphatic carbocycles. The standard InChI is InChI=1S/C16H13N3O2/c20-16(21)13-7-3-9-18-15(13)19-10-12-5-1-4-11-6-2-8-17-14(11)12/h1-9H,10H2,(H,18,19)(H,20,21). The number of fused-ring (bicyclic) bond motifs is 1. The summed E-state index contributed by atoms with van der Waals surface area (Å²) in [6.07, 6.45) is 3.31. The van der Waals surface area contributed by atoms with Crippen LogP contribution in [-0.4, -0.2) is 21.0 Å². The fourth-order valence-electron chi connectivity index (χ4n) is 2.21. The molecule has 5 heteroatoms. The van der Waals surface area contributed by atoms with Crippen molar-refractivity contribution in [1.82, 2.24) is 9.97 Å². The first kappa shape index (κ1) is 13.1. The molecule has 0 aliphatic rings. The summed E-state index contributed by atoms with van der Waals surface area (Å²) in [5, 5.41) is 13.3. The number of nitrogens with one attached hydrogen (secondary N) is 1. The van der Waals surface area contributed by atoms with Gasteiger partial charge >= 0.3 is 5.97 Å². The van der Waals surface area contributed by atoms with Gasteiger partial charge in [-0.1, -0.05) is 24.3 Å². The number of aromatic nitrogens is 2. The Morgan fingerprint density at radius 3 is 2.67 bits per heavy atom. The number of rotatable bonds is 4. The number of aromatic carboxylic acids is 1. The van der Waals surface area contributed by atoms with Crippen LogP contribution >= 0.6 is 0 Å². The maximum absolute atomic E-state index is 11.2. The van der Waals surface area contributed by atoms with Crippen molar-refractivity contribution in [3.8, 4) is 0 Å². The zero-order valence-corrected chi connectivity index (χ0v) is 11.2.